The number of thioether (sulfide) groups is 1. The molecule has 2 aromatic rings. The summed E-state index contributed by atoms with van der Waals surface area (Å²) in [5.41, 5.74) is 1.26. The zero-order valence-corrected chi connectivity index (χ0v) is 13.1. The Hall–Kier alpha value is -3.06. The number of aromatic hydroxyl groups is 1. The van der Waals surface area contributed by atoms with Crippen molar-refractivity contribution in [3.8, 4) is 5.75 Å². The van der Waals surface area contributed by atoms with Crippen molar-refractivity contribution in [1.82, 2.24) is 5.32 Å². The van der Waals surface area contributed by atoms with E-state index in [1.54, 1.807) is 42.5 Å². The van der Waals surface area contributed by atoms with Gasteiger partial charge in [-0.1, -0.05) is 18.2 Å². The van der Waals surface area contributed by atoms with Crippen molar-refractivity contribution in [3.63, 3.8) is 0 Å². The second-order valence-electron chi connectivity index (χ2n) is 4.93. The third-order valence-corrected chi connectivity index (χ3v) is 4.05. The summed E-state index contributed by atoms with van der Waals surface area (Å²) in [6, 6.07) is 12.7. The van der Waals surface area contributed by atoms with E-state index >= 15 is 0 Å². The number of hydrogen-bond donors (Lipinski definition) is 3. The number of phenolic OH excluding ortho intramolecular Hbond substituents is 1. The monoisotopic (exact) mass is 340 g/mol. The first-order chi connectivity index (χ1) is 11.5. The number of hydrogen-bond acceptors (Lipinski definition) is 5. The highest BCUT2D eigenvalue weighted by Gasteiger charge is 2.23. The molecule has 0 unspecified atom stereocenters. The van der Waals surface area contributed by atoms with Crippen molar-refractivity contribution in [1.29, 1.82) is 0 Å². The smallest absolute Gasteiger partial charge is 0.335 e. The predicted octanol–water partition coefficient (Wildman–Crippen LogP) is 2.98. The van der Waals surface area contributed by atoms with Crippen molar-refractivity contribution in [2.75, 3.05) is 0 Å². The van der Waals surface area contributed by atoms with Crippen LogP contribution >= 0.6 is 11.8 Å². The van der Waals surface area contributed by atoms with Crippen molar-refractivity contribution in [2.24, 2.45) is 4.99 Å². The average Bonchev–Trinajstić information content (AvgIpc) is 2.87. The van der Waals surface area contributed by atoms with Crippen molar-refractivity contribution >= 4 is 40.6 Å². The minimum Gasteiger partial charge on any atom is -0.508 e. The number of aliphatic imine (C=N–C) groups is 1. The molecule has 3 N–H and O–H groups in total. The van der Waals surface area contributed by atoms with E-state index in [0.717, 1.165) is 11.8 Å². The molecule has 7 heteroatoms. The SMILES string of the molecule is O=C1NC(=Nc2cccc(C(=O)O)c2)S/C1=C\c1cccc(O)c1. The number of aromatic carboxylic acids is 1. The van der Waals surface area contributed by atoms with Gasteiger partial charge in [0.05, 0.1) is 16.2 Å². The number of amides is 1. The van der Waals surface area contributed by atoms with Crippen LogP contribution in [0.2, 0.25) is 0 Å². The van der Waals surface area contributed by atoms with E-state index in [0.29, 0.717) is 21.3 Å². The highest BCUT2D eigenvalue weighted by molar-refractivity contribution is 8.18. The lowest BCUT2D eigenvalue weighted by Crippen LogP contribution is -2.19. The number of amidine groups is 1. The predicted molar refractivity (Wildman–Crippen MR) is 92.3 cm³/mol. The lowest BCUT2D eigenvalue weighted by atomic mass is 10.2. The maximum absolute atomic E-state index is 12.0. The minimum absolute atomic E-state index is 0.118. The molecule has 1 heterocycles. The lowest BCUT2D eigenvalue weighted by Gasteiger charge is -1.98. The minimum atomic E-state index is -1.04. The molecule has 1 aliphatic rings. The fraction of sp³-hybridized carbons (Fsp3) is 0. The first-order valence-corrected chi connectivity index (χ1v) is 7.75. The number of phenols is 1. The molecule has 0 atom stereocenters. The van der Waals surface area contributed by atoms with Gasteiger partial charge in [-0.05, 0) is 53.7 Å². The number of rotatable bonds is 3. The fourth-order valence-electron chi connectivity index (χ4n) is 2.07. The maximum atomic E-state index is 12.0. The van der Waals surface area contributed by atoms with Crippen LogP contribution in [-0.2, 0) is 4.79 Å². The van der Waals surface area contributed by atoms with Gasteiger partial charge >= 0.3 is 5.97 Å². The quantitative estimate of drug-likeness (QED) is 0.746. The highest BCUT2D eigenvalue weighted by Crippen LogP contribution is 2.28. The number of nitrogens with one attached hydrogen (secondary N) is 1. The van der Waals surface area contributed by atoms with Gasteiger partial charge in [-0.15, -0.1) is 0 Å². The molecule has 6 nitrogen and oxygen atoms in total. The Labute approximate surface area is 141 Å². The summed E-state index contributed by atoms with van der Waals surface area (Å²) in [5.74, 6) is -1.21. The first kappa shape index (κ1) is 15.8. The molecule has 3 rings (SSSR count). The van der Waals surface area contributed by atoms with E-state index in [1.807, 2.05) is 0 Å². The topological polar surface area (TPSA) is 99.0 Å². The zero-order chi connectivity index (χ0) is 17.1. The summed E-state index contributed by atoms with van der Waals surface area (Å²) in [5, 5.41) is 21.5. The van der Waals surface area contributed by atoms with E-state index in [9.17, 15) is 14.7 Å². The molecule has 2 aromatic carbocycles. The van der Waals surface area contributed by atoms with Crippen LogP contribution in [0.25, 0.3) is 6.08 Å². The summed E-state index contributed by atoms with van der Waals surface area (Å²) in [4.78, 5) is 27.7. The molecule has 0 spiro atoms. The molecule has 1 fully saturated rings. The molecule has 0 aromatic heterocycles. The molecule has 1 saturated heterocycles. The summed E-state index contributed by atoms with van der Waals surface area (Å²) in [6.45, 7) is 0. The van der Waals surface area contributed by atoms with Gasteiger partial charge in [0.25, 0.3) is 5.91 Å². The van der Waals surface area contributed by atoms with Gasteiger partial charge in [-0.2, -0.15) is 0 Å². The second kappa shape index (κ2) is 6.59. The normalized spacial score (nSPS) is 17.2. The molecule has 0 saturated carbocycles. The molecule has 1 aliphatic heterocycles. The van der Waals surface area contributed by atoms with E-state index in [2.05, 4.69) is 10.3 Å². The van der Waals surface area contributed by atoms with Gasteiger partial charge in [0, 0.05) is 0 Å². The number of nitrogens with zero attached hydrogens (tertiary/aromatic N) is 1. The molecular weight excluding hydrogens is 328 g/mol. The molecule has 1 amide bonds. The Balaban J connectivity index is 1.84. The summed E-state index contributed by atoms with van der Waals surface area (Å²) < 4.78 is 0. The Morgan fingerprint density at radius 2 is 1.96 bits per heavy atom. The standard InChI is InChI=1S/C17H12N2O4S/c20-13-6-1-3-10(7-13)8-14-15(21)19-17(24-14)18-12-5-2-4-11(9-12)16(22)23/h1-9,20H,(H,22,23)(H,18,19,21)/b14-8-. The highest BCUT2D eigenvalue weighted by atomic mass is 32.2. The number of carbonyl (C=O) groups is 2. The fourth-order valence-corrected chi connectivity index (χ4v) is 2.91. The van der Waals surface area contributed by atoms with E-state index in [4.69, 9.17) is 5.11 Å². The second-order valence-corrected chi connectivity index (χ2v) is 5.96. The third kappa shape index (κ3) is 3.64. The van der Waals surface area contributed by atoms with E-state index < -0.39 is 5.97 Å². The van der Waals surface area contributed by atoms with Crippen molar-refractivity contribution in [3.05, 3.63) is 64.6 Å². The number of benzene rings is 2. The number of carbonyl (C=O) groups excluding carboxylic acids is 1. The van der Waals surface area contributed by atoms with Crippen LogP contribution in [0.15, 0.2) is 58.4 Å². The molecule has 0 radical (unpaired) electrons. The third-order valence-electron chi connectivity index (χ3n) is 3.14. The largest absolute Gasteiger partial charge is 0.508 e. The van der Waals surface area contributed by atoms with Crippen LogP contribution in [0.5, 0.6) is 5.75 Å². The van der Waals surface area contributed by atoms with Crippen molar-refractivity contribution in [2.45, 2.75) is 0 Å². The van der Waals surface area contributed by atoms with Crippen molar-refractivity contribution < 1.29 is 19.8 Å². The first-order valence-electron chi connectivity index (χ1n) is 6.93. The summed E-state index contributed by atoms with van der Waals surface area (Å²) in [6.07, 6.45) is 1.65. The summed E-state index contributed by atoms with van der Waals surface area (Å²) >= 11 is 1.15. The summed E-state index contributed by atoms with van der Waals surface area (Å²) in [7, 11) is 0. The van der Waals surface area contributed by atoms with Gasteiger partial charge in [0.2, 0.25) is 0 Å². The molecule has 24 heavy (non-hydrogen) atoms. The lowest BCUT2D eigenvalue weighted by molar-refractivity contribution is -0.115. The Kier molecular flexibility index (Phi) is 4.35. The van der Waals surface area contributed by atoms with E-state index in [1.165, 1.54) is 12.1 Å². The van der Waals surface area contributed by atoms with Crippen LogP contribution in [0, 0.1) is 0 Å². The van der Waals surface area contributed by atoms with Crippen LogP contribution < -0.4 is 5.32 Å². The van der Waals surface area contributed by atoms with Crippen LogP contribution in [0.1, 0.15) is 15.9 Å². The number of carboxylic acid groups (broad SMARTS) is 1. The zero-order valence-electron chi connectivity index (χ0n) is 12.3. The molecular formula is C17H12N2O4S. The van der Waals surface area contributed by atoms with Gasteiger partial charge in [0.1, 0.15) is 5.75 Å². The van der Waals surface area contributed by atoms with Gasteiger partial charge in [0.15, 0.2) is 5.17 Å². The molecule has 0 bridgehead atoms. The Morgan fingerprint density at radius 3 is 2.71 bits per heavy atom. The average molecular weight is 340 g/mol. The maximum Gasteiger partial charge on any atom is 0.335 e. The van der Waals surface area contributed by atoms with Gasteiger partial charge < -0.3 is 15.5 Å². The Morgan fingerprint density at radius 1 is 1.17 bits per heavy atom. The van der Waals surface area contributed by atoms with Gasteiger partial charge in [-0.3, -0.25) is 4.79 Å². The Bertz CT molecular complexity index is 890. The van der Waals surface area contributed by atoms with E-state index in [-0.39, 0.29) is 17.2 Å². The van der Waals surface area contributed by atoms with Crippen LogP contribution in [0.3, 0.4) is 0 Å². The number of carboxylic acids is 1. The molecule has 120 valence electrons. The van der Waals surface area contributed by atoms with Crippen LogP contribution in [0.4, 0.5) is 5.69 Å². The van der Waals surface area contributed by atoms with Gasteiger partial charge in [-0.25, -0.2) is 9.79 Å². The molecule has 0 aliphatic carbocycles. The van der Waals surface area contributed by atoms with Crippen LogP contribution in [-0.4, -0.2) is 27.3 Å².